The molecule has 4 heterocycles. The molecule has 7 nitrogen and oxygen atoms in total. The first-order chi connectivity index (χ1) is 15.6. The normalized spacial score (nSPS) is 12.9. The van der Waals surface area contributed by atoms with Crippen molar-refractivity contribution in [3.63, 3.8) is 0 Å². The van der Waals surface area contributed by atoms with Gasteiger partial charge in [0.2, 0.25) is 0 Å². The van der Waals surface area contributed by atoms with Crippen molar-refractivity contribution in [3.8, 4) is 10.6 Å². The highest BCUT2D eigenvalue weighted by Crippen LogP contribution is 2.34. The Morgan fingerprint density at radius 1 is 1.21 bits per heavy atom. The number of fused-ring (bicyclic) bond motifs is 1. The number of alkyl halides is 3. The van der Waals surface area contributed by atoms with Crippen LogP contribution in [0.2, 0.25) is 0 Å². The van der Waals surface area contributed by atoms with Crippen LogP contribution >= 0.6 is 11.3 Å². The standard InChI is InChI=1S/C22H23F3N6OS/c1-5-14-7-8-18(33-14)16-9-19(22(23,24)25)31-20(27-16)10-17(29-31)21(32)26-12(3)15-11-30(6-2)28-13(15)4/h7-12H,5-6H2,1-4H3,(H,26,32)/t12-/m1/s1. The summed E-state index contributed by atoms with van der Waals surface area (Å²) in [6.07, 6.45) is -2.05. The van der Waals surface area contributed by atoms with Gasteiger partial charge >= 0.3 is 6.18 Å². The molecule has 0 bridgehead atoms. The van der Waals surface area contributed by atoms with E-state index in [4.69, 9.17) is 0 Å². The van der Waals surface area contributed by atoms with Crippen LogP contribution in [0.4, 0.5) is 13.2 Å². The minimum absolute atomic E-state index is 0.0425. The van der Waals surface area contributed by atoms with Gasteiger partial charge in [-0.1, -0.05) is 6.92 Å². The number of aryl methyl sites for hydroxylation is 3. The zero-order chi connectivity index (χ0) is 23.9. The van der Waals surface area contributed by atoms with Crippen molar-refractivity contribution in [2.75, 3.05) is 0 Å². The molecule has 0 saturated carbocycles. The highest BCUT2D eigenvalue weighted by molar-refractivity contribution is 7.15. The van der Waals surface area contributed by atoms with Gasteiger partial charge in [-0.15, -0.1) is 11.3 Å². The summed E-state index contributed by atoms with van der Waals surface area (Å²) in [5, 5.41) is 11.1. The lowest BCUT2D eigenvalue weighted by molar-refractivity contribution is -0.142. The minimum atomic E-state index is -4.67. The first-order valence-electron chi connectivity index (χ1n) is 10.5. The van der Waals surface area contributed by atoms with Crippen LogP contribution in [-0.4, -0.2) is 30.3 Å². The van der Waals surface area contributed by atoms with Gasteiger partial charge in [0, 0.05) is 29.2 Å². The SMILES string of the molecule is CCc1ccc(-c2cc(C(F)(F)F)n3nc(C(=O)N[C@H](C)c4cn(CC)nc4C)cc3n2)s1. The van der Waals surface area contributed by atoms with E-state index in [-0.39, 0.29) is 17.0 Å². The molecule has 0 radical (unpaired) electrons. The molecule has 0 saturated heterocycles. The topological polar surface area (TPSA) is 77.1 Å². The third kappa shape index (κ3) is 4.50. The van der Waals surface area contributed by atoms with E-state index in [0.29, 0.717) is 15.9 Å². The van der Waals surface area contributed by atoms with Crippen LogP contribution in [0, 0.1) is 6.92 Å². The summed E-state index contributed by atoms with van der Waals surface area (Å²) in [7, 11) is 0. The largest absolute Gasteiger partial charge is 0.433 e. The van der Waals surface area contributed by atoms with E-state index in [0.717, 1.165) is 28.6 Å². The number of carbonyl (C=O) groups excluding carboxylic acids is 1. The zero-order valence-electron chi connectivity index (χ0n) is 18.6. The van der Waals surface area contributed by atoms with Crippen molar-refractivity contribution in [3.05, 3.63) is 58.0 Å². The molecular weight excluding hydrogens is 453 g/mol. The number of nitrogens with one attached hydrogen (secondary N) is 1. The van der Waals surface area contributed by atoms with Crippen molar-refractivity contribution >= 4 is 22.9 Å². The molecule has 4 aromatic heterocycles. The fraction of sp³-hybridized carbons (Fsp3) is 0.364. The number of rotatable bonds is 6. The number of thiophene rings is 1. The van der Waals surface area contributed by atoms with Gasteiger partial charge in [0.25, 0.3) is 5.91 Å². The van der Waals surface area contributed by atoms with Crippen LogP contribution in [0.3, 0.4) is 0 Å². The summed E-state index contributed by atoms with van der Waals surface area (Å²) in [4.78, 5) is 18.9. The van der Waals surface area contributed by atoms with E-state index >= 15 is 0 Å². The average Bonchev–Trinajstić information content (AvgIpc) is 3.49. The van der Waals surface area contributed by atoms with E-state index in [9.17, 15) is 18.0 Å². The zero-order valence-corrected chi connectivity index (χ0v) is 19.4. The molecule has 0 spiro atoms. The number of aromatic nitrogens is 5. The predicted molar refractivity (Wildman–Crippen MR) is 119 cm³/mol. The first-order valence-corrected chi connectivity index (χ1v) is 11.3. The second-order valence-electron chi connectivity index (χ2n) is 7.66. The number of amides is 1. The number of hydrogen-bond acceptors (Lipinski definition) is 5. The number of halogens is 3. The lowest BCUT2D eigenvalue weighted by Gasteiger charge is -2.12. The molecule has 4 aromatic rings. The van der Waals surface area contributed by atoms with Crippen molar-refractivity contribution in [2.45, 2.75) is 52.9 Å². The molecule has 174 valence electrons. The second-order valence-corrected chi connectivity index (χ2v) is 8.83. The molecule has 0 unspecified atom stereocenters. The Morgan fingerprint density at radius 2 is 1.97 bits per heavy atom. The molecule has 33 heavy (non-hydrogen) atoms. The van der Waals surface area contributed by atoms with Gasteiger partial charge in [-0.2, -0.15) is 23.4 Å². The average molecular weight is 477 g/mol. The van der Waals surface area contributed by atoms with Gasteiger partial charge in [0.05, 0.1) is 22.3 Å². The molecule has 0 fully saturated rings. The Morgan fingerprint density at radius 3 is 2.58 bits per heavy atom. The monoisotopic (exact) mass is 476 g/mol. The van der Waals surface area contributed by atoms with Crippen molar-refractivity contribution in [1.82, 2.24) is 29.7 Å². The summed E-state index contributed by atoms with van der Waals surface area (Å²) in [6, 6.07) is 5.48. The number of hydrogen-bond donors (Lipinski definition) is 1. The molecule has 0 aliphatic rings. The summed E-state index contributed by atoms with van der Waals surface area (Å²) < 4.78 is 43.9. The fourth-order valence-electron chi connectivity index (χ4n) is 3.59. The third-order valence-corrected chi connectivity index (χ3v) is 6.59. The molecule has 1 N–H and O–H groups in total. The van der Waals surface area contributed by atoms with E-state index in [1.807, 2.05) is 33.0 Å². The van der Waals surface area contributed by atoms with E-state index < -0.39 is 23.8 Å². The molecule has 4 rings (SSSR count). The van der Waals surface area contributed by atoms with Crippen molar-refractivity contribution in [1.29, 1.82) is 0 Å². The fourth-order valence-corrected chi connectivity index (χ4v) is 4.50. The van der Waals surface area contributed by atoms with E-state index in [2.05, 4.69) is 20.5 Å². The van der Waals surface area contributed by atoms with Crippen LogP contribution in [-0.2, 0) is 19.1 Å². The van der Waals surface area contributed by atoms with Crippen LogP contribution in [0.25, 0.3) is 16.2 Å². The molecular formula is C22H23F3N6OS. The van der Waals surface area contributed by atoms with Crippen LogP contribution in [0.5, 0.6) is 0 Å². The van der Waals surface area contributed by atoms with Gasteiger partial charge < -0.3 is 5.32 Å². The second kappa shape index (κ2) is 8.62. The Bertz CT molecular complexity index is 1320. The number of nitrogens with zero attached hydrogens (tertiary/aromatic N) is 5. The van der Waals surface area contributed by atoms with Gasteiger partial charge in [-0.05, 0) is 45.4 Å². The summed E-state index contributed by atoms with van der Waals surface area (Å²) in [5.41, 5.74) is 0.628. The molecule has 0 aromatic carbocycles. The lowest BCUT2D eigenvalue weighted by Crippen LogP contribution is -2.27. The van der Waals surface area contributed by atoms with Crippen LogP contribution in [0.15, 0.2) is 30.5 Å². The first kappa shape index (κ1) is 23.0. The molecule has 1 atom stereocenters. The minimum Gasteiger partial charge on any atom is -0.344 e. The maximum Gasteiger partial charge on any atom is 0.433 e. The highest BCUT2D eigenvalue weighted by Gasteiger charge is 2.36. The predicted octanol–water partition coefficient (Wildman–Crippen LogP) is 5.05. The molecule has 0 aliphatic carbocycles. The molecule has 0 aliphatic heterocycles. The smallest absolute Gasteiger partial charge is 0.344 e. The highest BCUT2D eigenvalue weighted by atomic mass is 32.1. The maximum absolute atomic E-state index is 13.8. The van der Waals surface area contributed by atoms with Crippen molar-refractivity contribution < 1.29 is 18.0 Å². The Balaban J connectivity index is 1.70. The summed E-state index contributed by atoms with van der Waals surface area (Å²) in [5.74, 6) is -0.587. The van der Waals surface area contributed by atoms with Gasteiger partial charge in [-0.25, -0.2) is 9.50 Å². The van der Waals surface area contributed by atoms with Crippen LogP contribution in [0.1, 0.15) is 59.1 Å². The van der Waals surface area contributed by atoms with Gasteiger partial charge in [0.1, 0.15) is 0 Å². The number of carbonyl (C=O) groups is 1. The Kier molecular flexibility index (Phi) is 6.00. The van der Waals surface area contributed by atoms with Crippen molar-refractivity contribution in [2.24, 2.45) is 0 Å². The van der Waals surface area contributed by atoms with Gasteiger partial charge in [-0.3, -0.25) is 9.48 Å². The van der Waals surface area contributed by atoms with E-state index in [1.54, 1.807) is 17.7 Å². The quantitative estimate of drug-likeness (QED) is 0.422. The molecule has 11 heteroatoms. The third-order valence-electron chi connectivity index (χ3n) is 5.34. The summed E-state index contributed by atoms with van der Waals surface area (Å²) >= 11 is 1.39. The maximum atomic E-state index is 13.8. The lowest BCUT2D eigenvalue weighted by atomic mass is 10.1. The Labute approximate surface area is 192 Å². The summed E-state index contributed by atoms with van der Waals surface area (Å²) in [6.45, 7) is 8.24. The van der Waals surface area contributed by atoms with Gasteiger partial charge in [0.15, 0.2) is 17.0 Å². The Hall–Kier alpha value is -3.21. The molecule has 1 amide bonds. The van der Waals surface area contributed by atoms with Crippen LogP contribution < -0.4 is 5.32 Å². The van der Waals surface area contributed by atoms with E-state index in [1.165, 1.54) is 17.4 Å².